The zero-order valence-corrected chi connectivity index (χ0v) is 21.3. The lowest BCUT2D eigenvalue weighted by Crippen LogP contribution is -2.54. The number of carbonyl (C=O) groups is 1. The second-order valence-electron chi connectivity index (χ2n) is 13.0. The highest BCUT2D eigenvalue weighted by molar-refractivity contribution is 5.99. The highest BCUT2D eigenvalue weighted by Crippen LogP contribution is 2.62. The molecule has 1 unspecified atom stereocenters. The fraction of sp³-hybridized carbons (Fsp3) is 0.690. The number of fused-ring (bicyclic) bond motifs is 4. The molecule has 9 rings (SSSR count). The lowest BCUT2D eigenvalue weighted by atomic mass is 9.53. The normalized spacial score (nSPS) is 36.4. The average Bonchev–Trinajstić information content (AvgIpc) is 3.34. The van der Waals surface area contributed by atoms with Gasteiger partial charge in [-0.25, -0.2) is 4.39 Å². The predicted octanol–water partition coefficient (Wildman–Crippen LogP) is 6.82. The van der Waals surface area contributed by atoms with Gasteiger partial charge in [0.25, 0.3) is 5.89 Å². The van der Waals surface area contributed by atoms with Crippen molar-refractivity contribution < 1.29 is 22.5 Å². The van der Waals surface area contributed by atoms with Gasteiger partial charge < -0.3 is 9.42 Å². The van der Waals surface area contributed by atoms with E-state index < -0.39 is 23.4 Å². The van der Waals surface area contributed by atoms with Crippen molar-refractivity contribution >= 4 is 11.6 Å². The molecular formula is C29H34F3N3O2. The fourth-order valence-corrected chi connectivity index (χ4v) is 7.89. The number of hydrogen-bond donors (Lipinski definition) is 0. The lowest BCUT2D eigenvalue weighted by Gasteiger charge is -2.54. The summed E-state index contributed by atoms with van der Waals surface area (Å²) in [5, 5.41) is 3.97. The van der Waals surface area contributed by atoms with Gasteiger partial charge in [0, 0.05) is 24.6 Å². The van der Waals surface area contributed by atoms with Crippen LogP contribution in [0.1, 0.15) is 101 Å². The Morgan fingerprint density at radius 1 is 1.11 bits per heavy atom. The molecule has 7 fully saturated rings. The Kier molecular flexibility index (Phi) is 5.01. The maximum absolute atomic E-state index is 14.5. The van der Waals surface area contributed by atoms with Crippen LogP contribution in [0.4, 0.5) is 18.9 Å². The molecule has 7 aliphatic rings. The first-order valence-corrected chi connectivity index (χ1v) is 13.9. The Bertz CT molecular complexity index is 1200. The van der Waals surface area contributed by atoms with Gasteiger partial charge in [-0.05, 0) is 106 Å². The molecule has 1 aromatic carbocycles. The van der Waals surface area contributed by atoms with E-state index in [1.54, 1.807) is 0 Å². The number of halogens is 3. The van der Waals surface area contributed by atoms with E-state index in [0.29, 0.717) is 37.5 Å². The first-order valence-electron chi connectivity index (χ1n) is 13.9. The van der Waals surface area contributed by atoms with E-state index in [4.69, 9.17) is 4.52 Å². The Hall–Kier alpha value is -2.38. The number of rotatable bonds is 7. The molecule has 1 aromatic heterocycles. The summed E-state index contributed by atoms with van der Waals surface area (Å²) in [6.07, 6.45) is 8.26. The molecule has 0 spiro atoms. The number of aromatic nitrogens is 2. The summed E-state index contributed by atoms with van der Waals surface area (Å²) in [6.45, 7) is 1.40. The van der Waals surface area contributed by atoms with Crippen LogP contribution in [0.15, 0.2) is 28.8 Å². The summed E-state index contributed by atoms with van der Waals surface area (Å²) < 4.78 is 46.8. The molecule has 5 nitrogen and oxygen atoms in total. The number of carbonyl (C=O) groups excluding carboxylic acids is 1. The minimum absolute atomic E-state index is 0.0399. The van der Waals surface area contributed by atoms with Gasteiger partial charge >= 0.3 is 5.92 Å². The van der Waals surface area contributed by atoms with Crippen molar-refractivity contribution in [1.82, 2.24) is 10.1 Å². The number of anilines is 1. The predicted molar refractivity (Wildman–Crippen MR) is 131 cm³/mol. The topological polar surface area (TPSA) is 59.2 Å². The molecular weight excluding hydrogens is 479 g/mol. The van der Waals surface area contributed by atoms with E-state index in [2.05, 4.69) is 28.3 Å². The monoisotopic (exact) mass is 513 g/mol. The smallest absolute Gasteiger partial charge is 0.322 e. The second kappa shape index (κ2) is 7.82. The fourth-order valence-electron chi connectivity index (χ4n) is 7.89. The molecule has 0 radical (unpaired) electrons. The van der Waals surface area contributed by atoms with Gasteiger partial charge in [-0.2, -0.15) is 13.8 Å². The van der Waals surface area contributed by atoms with Crippen LogP contribution in [-0.4, -0.2) is 28.8 Å². The van der Waals surface area contributed by atoms with Crippen molar-refractivity contribution in [2.24, 2.45) is 16.7 Å². The Labute approximate surface area is 215 Å². The zero-order chi connectivity index (χ0) is 25.6. The van der Waals surface area contributed by atoms with Crippen molar-refractivity contribution in [2.75, 3.05) is 11.4 Å². The van der Waals surface area contributed by atoms with Crippen LogP contribution in [-0.2, 0) is 16.1 Å². The Morgan fingerprint density at radius 2 is 1.81 bits per heavy atom. The van der Waals surface area contributed by atoms with Crippen molar-refractivity contribution in [1.29, 1.82) is 0 Å². The summed E-state index contributed by atoms with van der Waals surface area (Å²) in [5.74, 6) is -2.63. The van der Waals surface area contributed by atoms with Gasteiger partial charge in [-0.3, -0.25) is 4.79 Å². The number of hydrogen-bond acceptors (Lipinski definition) is 4. The minimum atomic E-state index is -3.15. The quantitative estimate of drug-likeness (QED) is 0.408. The van der Waals surface area contributed by atoms with Crippen LogP contribution >= 0.6 is 0 Å². The maximum atomic E-state index is 14.5. The molecule has 0 saturated heterocycles. The van der Waals surface area contributed by atoms with E-state index in [0.717, 1.165) is 51.1 Å². The van der Waals surface area contributed by atoms with Gasteiger partial charge in [0.15, 0.2) is 5.82 Å². The van der Waals surface area contributed by atoms with Crippen LogP contribution in [0.3, 0.4) is 0 Å². The van der Waals surface area contributed by atoms with Crippen LogP contribution in [0.5, 0.6) is 0 Å². The summed E-state index contributed by atoms with van der Waals surface area (Å²) in [4.78, 5) is 20.2. The second-order valence-corrected chi connectivity index (χ2v) is 13.0. The summed E-state index contributed by atoms with van der Waals surface area (Å²) in [5.41, 5.74) is 1.32. The summed E-state index contributed by atoms with van der Waals surface area (Å²) in [7, 11) is 0. The minimum Gasteiger partial charge on any atom is -0.333 e. The van der Waals surface area contributed by atoms with Gasteiger partial charge in [0.1, 0.15) is 6.17 Å². The Balaban J connectivity index is 1.15. The molecule has 37 heavy (non-hydrogen) atoms. The van der Waals surface area contributed by atoms with E-state index in [-0.39, 0.29) is 22.7 Å². The van der Waals surface area contributed by atoms with Crippen molar-refractivity contribution in [2.45, 2.75) is 101 Å². The molecule has 8 heteroatoms. The number of alkyl halides is 3. The lowest BCUT2D eigenvalue weighted by molar-refractivity contribution is -0.132. The summed E-state index contributed by atoms with van der Waals surface area (Å²) >= 11 is 0. The number of amides is 1. The third kappa shape index (κ3) is 3.75. The molecule has 7 aliphatic carbocycles. The standard InChI is InChI=1S/C29H34F3N3O2/c1-26(31,32)24-33-23(34-37-24)28-10-7-27(8-11-28,9-12-28)17-35(21-4-2-3-19(13-21)18-5-6-18)25(36)29-14-20(15-29)22(30)16-29/h2-4,13,18,20,22H,5-12,14-17H2,1H3. The maximum Gasteiger partial charge on any atom is 0.322 e. The Morgan fingerprint density at radius 3 is 2.38 bits per heavy atom. The van der Waals surface area contributed by atoms with Gasteiger partial charge in [-0.15, -0.1) is 0 Å². The van der Waals surface area contributed by atoms with Crippen molar-refractivity contribution in [3.05, 3.63) is 41.5 Å². The molecule has 4 bridgehead atoms. The van der Waals surface area contributed by atoms with E-state index in [9.17, 15) is 18.0 Å². The molecule has 2 aromatic rings. The van der Waals surface area contributed by atoms with E-state index in [1.165, 1.54) is 18.4 Å². The van der Waals surface area contributed by atoms with Crippen LogP contribution in [0, 0.1) is 16.7 Å². The molecule has 1 atom stereocenters. The van der Waals surface area contributed by atoms with Gasteiger partial charge in [-0.1, -0.05) is 17.3 Å². The third-order valence-electron chi connectivity index (χ3n) is 10.5. The number of benzene rings is 1. The molecule has 1 heterocycles. The van der Waals surface area contributed by atoms with E-state index in [1.807, 2.05) is 11.0 Å². The van der Waals surface area contributed by atoms with Crippen LogP contribution in [0.25, 0.3) is 0 Å². The first kappa shape index (κ1) is 23.7. The largest absolute Gasteiger partial charge is 0.333 e. The number of nitrogens with zero attached hydrogens (tertiary/aromatic N) is 3. The molecule has 0 N–H and O–H groups in total. The SMILES string of the molecule is CC(F)(F)c1nc(C23CCC(CN(C(=O)C45CC(F)C(C4)C5)c4cccc(C5CC5)c4)(CC2)CC3)no1. The average molecular weight is 514 g/mol. The zero-order valence-electron chi connectivity index (χ0n) is 21.3. The molecule has 198 valence electrons. The van der Waals surface area contributed by atoms with Crippen LogP contribution < -0.4 is 4.90 Å². The molecule has 1 amide bonds. The molecule has 7 saturated carbocycles. The molecule has 0 aliphatic heterocycles. The highest BCUT2D eigenvalue weighted by Gasteiger charge is 2.62. The van der Waals surface area contributed by atoms with Crippen molar-refractivity contribution in [3.8, 4) is 0 Å². The van der Waals surface area contributed by atoms with E-state index >= 15 is 0 Å². The van der Waals surface area contributed by atoms with Crippen molar-refractivity contribution in [3.63, 3.8) is 0 Å². The van der Waals surface area contributed by atoms with Gasteiger partial charge in [0.05, 0.1) is 5.41 Å². The first-order chi connectivity index (χ1) is 17.6. The third-order valence-corrected chi connectivity index (χ3v) is 10.5. The van der Waals surface area contributed by atoms with Crippen LogP contribution in [0.2, 0.25) is 0 Å². The highest BCUT2D eigenvalue weighted by atomic mass is 19.3. The summed E-state index contributed by atoms with van der Waals surface area (Å²) in [6, 6.07) is 8.43. The van der Waals surface area contributed by atoms with Gasteiger partial charge in [0.2, 0.25) is 5.91 Å².